The Balaban J connectivity index is 1.40. The number of carboxylic acid groups (broad SMARTS) is 1. The molecule has 1 aliphatic carbocycles. The SMILES string of the molecule is C/C(=N/NC(=O)c1sc2ccccc2c1Cl)c1ccc(NC(=O)[C@@H]2CC=CC[C@H]2C(=O)O)cc1. The van der Waals surface area contributed by atoms with Gasteiger partial charge in [-0.2, -0.15) is 5.10 Å². The summed E-state index contributed by atoms with van der Waals surface area (Å²) in [7, 11) is 0. The number of allylic oxidation sites excluding steroid dienone is 2. The Kier molecular flexibility index (Phi) is 7.09. The van der Waals surface area contributed by atoms with Crippen molar-refractivity contribution in [2.75, 3.05) is 5.32 Å². The highest BCUT2D eigenvalue weighted by Crippen LogP contribution is 2.35. The number of hydrazone groups is 1. The third-order valence-corrected chi connectivity index (χ3v) is 7.40. The standard InChI is InChI=1S/C25H22ClN3O4S/c1-14(28-29-24(31)22-21(26)19-8-4-5-9-20(19)34-22)15-10-12-16(13-11-15)27-23(30)17-6-2-3-7-18(17)25(32)33/h2-5,8-13,17-18H,6-7H2,1H3,(H,27,30)(H,29,31)(H,32,33)/b28-14-/t17-,18-/m1/s1. The van der Waals surface area contributed by atoms with E-state index in [-0.39, 0.29) is 11.8 Å². The summed E-state index contributed by atoms with van der Waals surface area (Å²) in [5, 5.41) is 17.6. The largest absolute Gasteiger partial charge is 0.481 e. The number of anilines is 1. The van der Waals surface area contributed by atoms with Gasteiger partial charge in [0.05, 0.1) is 22.6 Å². The maximum atomic E-state index is 12.6. The first-order chi connectivity index (χ1) is 16.3. The quantitative estimate of drug-likeness (QED) is 0.244. The second-order valence-electron chi connectivity index (χ2n) is 7.94. The van der Waals surface area contributed by atoms with E-state index >= 15 is 0 Å². The molecule has 0 unspecified atom stereocenters. The van der Waals surface area contributed by atoms with Crippen molar-refractivity contribution in [3.63, 3.8) is 0 Å². The lowest BCUT2D eigenvalue weighted by Crippen LogP contribution is -2.34. The molecular formula is C25H22ClN3O4S. The van der Waals surface area contributed by atoms with Gasteiger partial charge in [0.1, 0.15) is 4.88 Å². The van der Waals surface area contributed by atoms with Crippen LogP contribution in [0.2, 0.25) is 5.02 Å². The Morgan fingerprint density at radius 2 is 1.71 bits per heavy atom. The van der Waals surface area contributed by atoms with Crippen LogP contribution in [0.1, 0.15) is 35.0 Å². The molecule has 0 aliphatic heterocycles. The minimum atomic E-state index is -0.967. The van der Waals surface area contributed by atoms with Crippen LogP contribution >= 0.6 is 22.9 Å². The van der Waals surface area contributed by atoms with Gasteiger partial charge in [-0.15, -0.1) is 11.3 Å². The molecule has 2 amide bonds. The van der Waals surface area contributed by atoms with Gasteiger partial charge in [0, 0.05) is 15.8 Å². The van der Waals surface area contributed by atoms with Crippen LogP contribution in [0.5, 0.6) is 0 Å². The van der Waals surface area contributed by atoms with Crippen molar-refractivity contribution in [1.82, 2.24) is 5.43 Å². The third kappa shape index (κ3) is 5.03. The summed E-state index contributed by atoms with van der Waals surface area (Å²) in [6.45, 7) is 1.76. The first-order valence-corrected chi connectivity index (χ1v) is 11.9. The van der Waals surface area contributed by atoms with E-state index in [1.54, 1.807) is 37.3 Å². The van der Waals surface area contributed by atoms with E-state index in [4.69, 9.17) is 11.6 Å². The fourth-order valence-electron chi connectivity index (χ4n) is 3.82. The number of thiophene rings is 1. The number of nitrogens with zero attached hydrogens (tertiary/aromatic N) is 1. The lowest BCUT2D eigenvalue weighted by Gasteiger charge is -2.24. The van der Waals surface area contributed by atoms with Gasteiger partial charge in [0.2, 0.25) is 5.91 Å². The normalized spacial score (nSPS) is 18.0. The predicted octanol–water partition coefficient (Wildman–Crippen LogP) is 5.31. The molecule has 0 radical (unpaired) electrons. The summed E-state index contributed by atoms with van der Waals surface area (Å²) < 4.78 is 0.926. The number of halogens is 1. The summed E-state index contributed by atoms with van der Waals surface area (Å²) in [6.07, 6.45) is 4.39. The van der Waals surface area contributed by atoms with Crippen LogP contribution in [-0.2, 0) is 9.59 Å². The van der Waals surface area contributed by atoms with Gasteiger partial charge in [-0.3, -0.25) is 14.4 Å². The first kappa shape index (κ1) is 23.7. The zero-order chi connectivity index (χ0) is 24.2. The van der Waals surface area contributed by atoms with Gasteiger partial charge in [-0.1, -0.05) is 54.1 Å². The van der Waals surface area contributed by atoms with Crippen LogP contribution < -0.4 is 10.7 Å². The van der Waals surface area contributed by atoms with Gasteiger partial charge >= 0.3 is 5.97 Å². The van der Waals surface area contributed by atoms with E-state index in [1.165, 1.54) is 11.3 Å². The molecule has 1 aromatic heterocycles. The Morgan fingerprint density at radius 1 is 1.03 bits per heavy atom. The summed E-state index contributed by atoms with van der Waals surface area (Å²) in [5.41, 5.74) is 4.43. The van der Waals surface area contributed by atoms with Gasteiger partial charge < -0.3 is 10.4 Å². The van der Waals surface area contributed by atoms with Crippen molar-refractivity contribution in [2.45, 2.75) is 19.8 Å². The Bertz CT molecular complexity index is 1310. The number of carboxylic acids is 1. The van der Waals surface area contributed by atoms with E-state index < -0.39 is 17.8 Å². The van der Waals surface area contributed by atoms with Crippen LogP contribution in [0.25, 0.3) is 10.1 Å². The van der Waals surface area contributed by atoms with Crippen LogP contribution in [-0.4, -0.2) is 28.6 Å². The van der Waals surface area contributed by atoms with Gasteiger partial charge in [-0.25, -0.2) is 5.43 Å². The highest BCUT2D eigenvalue weighted by Gasteiger charge is 2.33. The maximum absolute atomic E-state index is 12.6. The molecule has 7 nitrogen and oxygen atoms in total. The van der Waals surface area contributed by atoms with Gasteiger partial charge in [0.25, 0.3) is 5.91 Å². The molecule has 9 heteroatoms. The molecule has 4 rings (SSSR count). The minimum absolute atomic E-state index is 0.317. The number of aliphatic carboxylic acids is 1. The smallest absolute Gasteiger partial charge is 0.307 e. The molecule has 1 aliphatic rings. The highest BCUT2D eigenvalue weighted by atomic mass is 35.5. The number of carbonyl (C=O) groups excluding carboxylic acids is 2. The molecule has 3 N–H and O–H groups in total. The third-order valence-electron chi connectivity index (χ3n) is 5.72. The van der Waals surface area contributed by atoms with Crippen molar-refractivity contribution < 1.29 is 19.5 Å². The Morgan fingerprint density at radius 3 is 2.38 bits per heavy atom. The molecule has 34 heavy (non-hydrogen) atoms. The zero-order valence-electron chi connectivity index (χ0n) is 18.2. The summed E-state index contributed by atoms with van der Waals surface area (Å²) in [4.78, 5) is 37.0. The van der Waals surface area contributed by atoms with Crippen LogP contribution in [0.4, 0.5) is 5.69 Å². The fraction of sp³-hybridized carbons (Fsp3) is 0.200. The Labute approximate surface area is 205 Å². The van der Waals surface area contributed by atoms with Crippen molar-refractivity contribution in [1.29, 1.82) is 0 Å². The van der Waals surface area contributed by atoms with E-state index in [0.29, 0.717) is 34.1 Å². The molecule has 1 heterocycles. The molecule has 0 fully saturated rings. The maximum Gasteiger partial charge on any atom is 0.307 e. The zero-order valence-corrected chi connectivity index (χ0v) is 19.8. The van der Waals surface area contributed by atoms with E-state index in [9.17, 15) is 19.5 Å². The number of hydrogen-bond donors (Lipinski definition) is 3. The molecule has 2 aromatic carbocycles. The minimum Gasteiger partial charge on any atom is -0.481 e. The van der Waals surface area contributed by atoms with Gasteiger partial charge in [0.15, 0.2) is 0 Å². The number of benzene rings is 2. The van der Waals surface area contributed by atoms with Crippen molar-refractivity contribution in [3.8, 4) is 0 Å². The molecule has 0 bridgehead atoms. The topological polar surface area (TPSA) is 108 Å². The molecular weight excluding hydrogens is 474 g/mol. The summed E-state index contributed by atoms with van der Waals surface area (Å²) in [6, 6.07) is 14.5. The number of amides is 2. The lowest BCUT2D eigenvalue weighted by molar-refractivity contribution is -0.146. The average Bonchev–Trinajstić information content (AvgIpc) is 3.19. The molecule has 0 spiro atoms. The van der Waals surface area contributed by atoms with E-state index in [1.807, 2.05) is 30.3 Å². The number of nitrogens with one attached hydrogen (secondary N) is 2. The lowest BCUT2D eigenvalue weighted by atomic mass is 9.82. The highest BCUT2D eigenvalue weighted by molar-refractivity contribution is 7.21. The first-order valence-electron chi connectivity index (χ1n) is 10.7. The second kappa shape index (κ2) is 10.2. The number of carbonyl (C=O) groups is 3. The average molecular weight is 496 g/mol. The predicted molar refractivity (Wildman–Crippen MR) is 135 cm³/mol. The van der Waals surface area contributed by atoms with Crippen molar-refractivity contribution in [3.05, 3.63) is 76.1 Å². The van der Waals surface area contributed by atoms with Crippen LogP contribution in [0.15, 0.2) is 65.8 Å². The summed E-state index contributed by atoms with van der Waals surface area (Å²) >= 11 is 7.66. The Hall–Kier alpha value is -3.49. The monoisotopic (exact) mass is 495 g/mol. The molecule has 2 atom stereocenters. The molecule has 174 valence electrons. The molecule has 0 saturated heterocycles. The second-order valence-corrected chi connectivity index (χ2v) is 9.37. The van der Waals surface area contributed by atoms with Gasteiger partial charge in [-0.05, 0) is 43.5 Å². The number of fused-ring (bicyclic) bond motifs is 1. The van der Waals surface area contributed by atoms with Crippen molar-refractivity contribution in [2.24, 2.45) is 16.9 Å². The number of hydrogen-bond acceptors (Lipinski definition) is 5. The number of rotatable bonds is 6. The fourth-order valence-corrected chi connectivity index (χ4v) is 5.22. The summed E-state index contributed by atoms with van der Waals surface area (Å²) in [5.74, 6) is -3.00. The van der Waals surface area contributed by atoms with Crippen LogP contribution in [0, 0.1) is 11.8 Å². The van der Waals surface area contributed by atoms with Crippen LogP contribution in [0.3, 0.4) is 0 Å². The van der Waals surface area contributed by atoms with Crippen molar-refractivity contribution >= 4 is 62.2 Å². The van der Waals surface area contributed by atoms with E-state index in [0.717, 1.165) is 15.6 Å². The molecule has 0 saturated carbocycles. The molecule has 3 aromatic rings. The van der Waals surface area contributed by atoms with E-state index in [2.05, 4.69) is 15.8 Å².